The van der Waals surface area contributed by atoms with E-state index >= 15 is 0 Å². The zero-order valence-corrected chi connectivity index (χ0v) is 15.9. The van der Waals surface area contributed by atoms with E-state index in [0.29, 0.717) is 17.1 Å². The quantitative estimate of drug-likeness (QED) is 0.465. The number of halogens is 1. The van der Waals surface area contributed by atoms with Crippen LogP contribution in [-0.4, -0.2) is 58.5 Å². The van der Waals surface area contributed by atoms with E-state index in [2.05, 4.69) is 15.5 Å². The van der Waals surface area contributed by atoms with Crippen LogP contribution in [0.2, 0.25) is 0 Å². The molecular weight excluding hydrogens is 387 g/mol. The Balaban J connectivity index is 1.78. The third-order valence-electron chi connectivity index (χ3n) is 4.42. The topological polar surface area (TPSA) is 127 Å². The van der Waals surface area contributed by atoms with Gasteiger partial charge < -0.3 is 24.4 Å². The van der Waals surface area contributed by atoms with Crippen molar-refractivity contribution in [3.05, 3.63) is 46.3 Å². The van der Waals surface area contributed by atoms with Crippen molar-refractivity contribution in [1.82, 2.24) is 9.55 Å². The summed E-state index contributed by atoms with van der Waals surface area (Å²) in [5, 5.41) is 23.6. The van der Waals surface area contributed by atoms with Crippen molar-refractivity contribution in [3.63, 3.8) is 0 Å². The van der Waals surface area contributed by atoms with Gasteiger partial charge in [-0.3, -0.25) is 9.99 Å². The van der Waals surface area contributed by atoms with Crippen molar-refractivity contribution in [2.24, 2.45) is 5.10 Å². The molecule has 29 heavy (non-hydrogen) atoms. The summed E-state index contributed by atoms with van der Waals surface area (Å²) in [6.07, 6.45) is -2.33. The monoisotopic (exact) mass is 408 g/mol. The van der Waals surface area contributed by atoms with Gasteiger partial charge in [0.2, 0.25) is 0 Å². The Morgan fingerprint density at radius 1 is 1.24 bits per heavy atom. The number of methoxy groups -OCH3 is 2. The van der Waals surface area contributed by atoms with Crippen molar-refractivity contribution in [2.75, 3.05) is 19.6 Å². The standard InChI is InChI=1S/C18H21FN4O6/c1-9-14(24)15(25)17(29-9)23-8-13(19)16(21-18(23)26)22-20-7-10-4-11(27-2)6-12(5-10)28-3/h4-9,14-15,17,24-25H,1-3H3,(H,21,22,26)/b20-7+/t9-,14-,15-,17-/m1/s1. The van der Waals surface area contributed by atoms with Crippen molar-refractivity contribution in [1.29, 1.82) is 0 Å². The van der Waals surface area contributed by atoms with E-state index < -0.39 is 41.9 Å². The predicted molar refractivity (Wildman–Crippen MR) is 101 cm³/mol. The molecule has 0 spiro atoms. The highest BCUT2D eigenvalue weighted by atomic mass is 19.1. The summed E-state index contributed by atoms with van der Waals surface area (Å²) in [6, 6.07) is 5.05. The smallest absolute Gasteiger partial charge is 0.351 e. The highest BCUT2D eigenvalue weighted by Gasteiger charge is 2.42. The molecule has 11 heteroatoms. The average Bonchev–Trinajstić information content (AvgIpc) is 2.97. The fourth-order valence-electron chi connectivity index (χ4n) is 2.84. The molecule has 1 fully saturated rings. The van der Waals surface area contributed by atoms with Crippen LogP contribution in [0.25, 0.3) is 0 Å². The summed E-state index contributed by atoms with van der Waals surface area (Å²) in [5.41, 5.74) is 2.09. The van der Waals surface area contributed by atoms with Gasteiger partial charge in [0.25, 0.3) is 0 Å². The molecule has 0 unspecified atom stereocenters. The van der Waals surface area contributed by atoms with Gasteiger partial charge >= 0.3 is 5.69 Å². The molecule has 1 aromatic carbocycles. The average molecular weight is 408 g/mol. The Kier molecular flexibility index (Phi) is 6.11. The Morgan fingerprint density at radius 3 is 2.45 bits per heavy atom. The highest BCUT2D eigenvalue weighted by molar-refractivity contribution is 5.81. The first-order valence-corrected chi connectivity index (χ1v) is 8.66. The Bertz CT molecular complexity index is 944. The van der Waals surface area contributed by atoms with Gasteiger partial charge in [-0.05, 0) is 19.1 Å². The SMILES string of the molecule is COc1cc(/C=N/Nc2nc(=O)n([C@@H]3O[C@H](C)[C@@H](O)[C@H]3O)cc2F)cc(OC)c1. The second-order valence-corrected chi connectivity index (χ2v) is 6.36. The van der Waals surface area contributed by atoms with E-state index in [0.717, 1.165) is 10.8 Å². The Hall–Kier alpha value is -3.02. The van der Waals surface area contributed by atoms with Gasteiger partial charge in [-0.15, -0.1) is 0 Å². The summed E-state index contributed by atoms with van der Waals surface area (Å²) in [6.45, 7) is 1.53. The number of nitrogens with zero attached hydrogens (tertiary/aromatic N) is 3. The third kappa shape index (κ3) is 4.36. The van der Waals surface area contributed by atoms with Gasteiger partial charge in [0.05, 0.1) is 32.7 Å². The highest BCUT2D eigenvalue weighted by Crippen LogP contribution is 2.28. The van der Waals surface area contributed by atoms with E-state index in [4.69, 9.17) is 14.2 Å². The van der Waals surface area contributed by atoms with Gasteiger partial charge in [-0.1, -0.05) is 0 Å². The minimum absolute atomic E-state index is 0.404. The molecule has 0 saturated carbocycles. The van der Waals surface area contributed by atoms with E-state index in [9.17, 15) is 19.4 Å². The first-order chi connectivity index (χ1) is 13.8. The van der Waals surface area contributed by atoms with Crippen LogP contribution in [0.5, 0.6) is 11.5 Å². The fraction of sp³-hybridized carbons (Fsp3) is 0.389. The lowest BCUT2D eigenvalue weighted by atomic mass is 10.1. The van der Waals surface area contributed by atoms with Crippen LogP contribution in [0, 0.1) is 5.82 Å². The molecule has 156 valence electrons. The van der Waals surface area contributed by atoms with Gasteiger partial charge in [0.15, 0.2) is 17.9 Å². The number of hydrazone groups is 1. The molecule has 0 amide bonds. The molecular formula is C18H21FN4O6. The molecule has 4 atom stereocenters. The van der Waals surface area contributed by atoms with Crippen molar-refractivity contribution in [3.8, 4) is 11.5 Å². The number of rotatable bonds is 6. The van der Waals surface area contributed by atoms with E-state index in [-0.39, 0.29) is 0 Å². The van der Waals surface area contributed by atoms with E-state index in [1.165, 1.54) is 27.4 Å². The van der Waals surface area contributed by atoms with Crippen LogP contribution >= 0.6 is 0 Å². The first-order valence-electron chi connectivity index (χ1n) is 8.66. The van der Waals surface area contributed by atoms with E-state index in [1.54, 1.807) is 18.2 Å². The number of benzene rings is 1. The summed E-state index contributed by atoms with van der Waals surface area (Å²) < 4.78 is 30.8. The lowest BCUT2D eigenvalue weighted by Gasteiger charge is -2.17. The summed E-state index contributed by atoms with van der Waals surface area (Å²) in [5.74, 6) is -0.207. The largest absolute Gasteiger partial charge is 0.497 e. The first kappa shape index (κ1) is 20.7. The molecule has 1 aliphatic heterocycles. The molecule has 2 aromatic rings. The maximum absolute atomic E-state index is 14.4. The number of anilines is 1. The second-order valence-electron chi connectivity index (χ2n) is 6.36. The number of ether oxygens (including phenoxy) is 3. The summed E-state index contributed by atoms with van der Waals surface area (Å²) in [4.78, 5) is 15.8. The Morgan fingerprint density at radius 2 is 1.90 bits per heavy atom. The lowest BCUT2D eigenvalue weighted by Crippen LogP contribution is -2.35. The van der Waals surface area contributed by atoms with Crippen LogP contribution < -0.4 is 20.6 Å². The molecule has 1 aromatic heterocycles. The third-order valence-corrected chi connectivity index (χ3v) is 4.42. The number of nitrogens with one attached hydrogen (secondary N) is 1. The van der Waals surface area contributed by atoms with Gasteiger partial charge in [0, 0.05) is 11.6 Å². The molecule has 0 aliphatic carbocycles. The summed E-state index contributed by atoms with van der Waals surface area (Å²) >= 11 is 0. The zero-order chi connectivity index (χ0) is 21.1. The van der Waals surface area contributed by atoms with Crippen molar-refractivity contribution in [2.45, 2.75) is 31.5 Å². The lowest BCUT2D eigenvalue weighted by molar-refractivity contribution is -0.0355. The maximum Gasteiger partial charge on any atom is 0.351 e. The molecule has 2 heterocycles. The van der Waals surface area contributed by atoms with Gasteiger partial charge in [0.1, 0.15) is 23.7 Å². The minimum atomic E-state index is -1.39. The van der Waals surface area contributed by atoms with Crippen molar-refractivity contribution < 1.29 is 28.8 Å². The minimum Gasteiger partial charge on any atom is -0.497 e. The molecule has 0 radical (unpaired) electrons. The molecule has 3 rings (SSSR count). The van der Waals surface area contributed by atoms with Crippen LogP contribution in [0.3, 0.4) is 0 Å². The molecule has 0 bridgehead atoms. The number of aliphatic hydroxyl groups is 2. The molecule has 3 N–H and O–H groups in total. The van der Waals surface area contributed by atoms with Crippen molar-refractivity contribution >= 4 is 12.0 Å². The molecule has 1 saturated heterocycles. The van der Waals surface area contributed by atoms with Gasteiger partial charge in [-0.25, -0.2) is 9.18 Å². The predicted octanol–water partition coefficient (Wildman–Crippen LogP) is 0.485. The maximum atomic E-state index is 14.4. The van der Waals surface area contributed by atoms with Gasteiger partial charge in [-0.2, -0.15) is 10.1 Å². The summed E-state index contributed by atoms with van der Waals surface area (Å²) in [7, 11) is 3.01. The second kappa shape index (κ2) is 8.55. The fourth-order valence-corrected chi connectivity index (χ4v) is 2.84. The van der Waals surface area contributed by atoms with Crippen LogP contribution in [-0.2, 0) is 4.74 Å². The zero-order valence-electron chi connectivity index (χ0n) is 15.9. The van der Waals surface area contributed by atoms with Crippen LogP contribution in [0.1, 0.15) is 18.7 Å². The normalized spacial score (nSPS) is 24.1. The number of aromatic nitrogens is 2. The number of hydrogen-bond acceptors (Lipinski definition) is 9. The molecule has 10 nitrogen and oxygen atoms in total. The van der Waals surface area contributed by atoms with Crippen LogP contribution in [0.4, 0.5) is 10.2 Å². The molecule has 1 aliphatic rings. The number of hydrogen-bond donors (Lipinski definition) is 3. The van der Waals surface area contributed by atoms with Crippen LogP contribution in [0.15, 0.2) is 34.3 Å². The number of aliphatic hydroxyl groups excluding tert-OH is 2. The van der Waals surface area contributed by atoms with E-state index in [1.807, 2.05) is 0 Å². The Labute approximate surface area is 165 Å².